The number of benzene rings is 1. The summed E-state index contributed by atoms with van der Waals surface area (Å²) in [5.74, 6) is -3.35. The van der Waals surface area contributed by atoms with Crippen LogP contribution in [0.25, 0.3) is 0 Å². The minimum absolute atomic E-state index is 0.0494. The first-order chi connectivity index (χ1) is 16.6. The van der Waals surface area contributed by atoms with Crippen LogP contribution < -0.4 is 16.0 Å². The number of nitrogens with one attached hydrogen (secondary N) is 3. The monoisotopic (exact) mass is 504 g/mol. The third-order valence-corrected chi connectivity index (χ3v) is 6.85. The highest BCUT2D eigenvalue weighted by molar-refractivity contribution is 7.80. The van der Waals surface area contributed by atoms with E-state index in [-0.39, 0.29) is 21.9 Å². The third-order valence-electron chi connectivity index (χ3n) is 6.61. The second kappa shape index (κ2) is 11.6. The fourth-order valence-corrected chi connectivity index (χ4v) is 4.88. The number of nitrogens with zero attached hydrogens (tertiary/aromatic N) is 1. The summed E-state index contributed by atoms with van der Waals surface area (Å²) >= 11 is 5.33. The molecule has 5 N–H and O–H groups in total. The molecule has 2 aliphatic heterocycles. The second-order valence-electron chi connectivity index (χ2n) is 9.24. The van der Waals surface area contributed by atoms with Gasteiger partial charge in [0.1, 0.15) is 5.82 Å². The largest absolute Gasteiger partial charge is 0.478 e. The summed E-state index contributed by atoms with van der Waals surface area (Å²) in [7, 11) is 0. The number of piperidine rings is 1. The molecule has 0 spiro atoms. The summed E-state index contributed by atoms with van der Waals surface area (Å²) in [6.07, 6.45) is 3.33. The molecular formula is C25H33FN4O4S. The van der Waals surface area contributed by atoms with Gasteiger partial charge in [0.25, 0.3) is 0 Å². The van der Waals surface area contributed by atoms with Crippen molar-refractivity contribution in [1.29, 1.82) is 0 Å². The second-order valence-corrected chi connectivity index (χ2v) is 9.65. The number of anilines is 1. The van der Waals surface area contributed by atoms with E-state index in [2.05, 4.69) is 27.8 Å². The highest BCUT2D eigenvalue weighted by Gasteiger charge is 2.36. The average molecular weight is 505 g/mol. The maximum Gasteiger partial charge on any atom is 0.334 e. The van der Waals surface area contributed by atoms with Crippen molar-refractivity contribution < 1.29 is 24.2 Å². The van der Waals surface area contributed by atoms with E-state index in [9.17, 15) is 24.2 Å². The Morgan fingerprint density at radius 3 is 2.31 bits per heavy atom. The molecule has 1 saturated heterocycles. The summed E-state index contributed by atoms with van der Waals surface area (Å²) in [5, 5.41) is 28.6. The van der Waals surface area contributed by atoms with Crippen molar-refractivity contribution in [3.8, 4) is 0 Å². The van der Waals surface area contributed by atoms with Gasteiger partial charge in [-0.05, 0) is 88.6 Å². The molecule has 35 heavy (non-hydrogen) atoms. The van der Waals surface area contributed by atoms with Gasteiger partial charge < -0.3 is 31.1 Å². The van der Waals surface area contributed by atoms with Crippen molar-refractivity contribution in [3.05, 3.63) is 52.1 Å². The summed E-state index contributed by atoms with van der Waals surface area (Å²) < 4.78 is 14.6. The van der Waals surface area contributed by atoms with Crippen LogP contribution in [0.4, 0.5) is 10.1 Å². The van der Waals surface area contributed by atoms with Gasteiger partial charge in [0.05, 0.1) is 22.8 Å². The predicted molar refractivity (Wildman–Crippen MR) is 137 cm³/mol. The van der Waals surface area contributed by atoms with E-state index in [0.717, 1.165) is 32.0 Å². The van der Waals surface area contributed by atoms with Gasteiger partial charge in [0.15, 0.2) is 5.11 Å². The Morgan fingerprint density at radius 1 is 1.14 bits per heavy atom. The number of dihydropyridines is 1. The topological polar surface area (TPSA) is 114 Å². The molecule has 0 radical (unpaired) electrons. The average Bonchev–Trinajstić information content (AvgIpc) is 2.78. The summed E-state index contributed by atoms with van der Waals surface area (Å²) in [5.41, 5.74) is 0.865. The number of rotatable bonds is 8. The lowest BCUT2D eigenvalue weighted by molar-refractivity contribution is -0.133. The first-order valence-corrected chi connectivity index (χ1v) is 12.2. The Labute approximate surface area is 210 Å². The molecule has 3 rings (SSSR count). The predicted octanol–water partition coefficient (Wildman–Crippen LogP) is 3.64. The van der Waals surface area contributed by atoms with Crippen molar-refractivity contribution in [3.63, 3.8) is 0 Å². The zero-order chi connectivity index (χ0) is 25.7. The van der Waals surface area contributed by atoms with E-state index < -0.39 is 23.7 Å². The third kappa shape index (κ3) is 6.58. The van der Waals surface area contributed by atoms with Gasteiger partial charge in [-0.2, -0.15) is 0 Å². The SMILES string of the molecule is CC1=C(C(=O)O)C(c2ccc(F)c(NC(=S)NCCCN3CCC(C)CC3)c2)C(C(=O)O)=C(C)N1. The molecule has 0 unspecified atom stereocenters. The molecule has 0 aromatic heterocycles. The van der Waals surface area contributed by atoms with E-state index in [1.54, 1.807) is 13.8 Å². The Morgan fingerprint density at radius 2 is 1.74 bits per heavy atom. The lowest BCUT2D eigenvalue weighted by atomic mass is 9.80. The standard InChI is InChI=1S/C25H33FN4O4S/c1-14-7-11-30(12-8-14)10-4-9-27-25(35)29-19-13-17(5-6-18(19)26)22-20(23(31)32)15(2)28-16(3)21(22)24(33)34/h5-6,13-14,22,28H,4,7-12H2,1-3H3,(H,31,32)(H,33,34)(H2,27,29,35). The zero-order valence-electron chi connectivity index (χ0n) is 20.3. The molecule has 1 fully saturated rings. The van der Waals surface area contributed by atoms with Crippen LogP contribution in [0.15, 0.2) is 40.7 Å². The summed E-state index contributed by atoms with van der Waals surface area (Å²) in [6, 6.07) is 4.00. The molecule has 10 heteroatoms. The van der Waals surface area contributed by atoms with Gasteiger partial charge in [0.2, 0.25) is 0 Å². The lowest BCUT2D eigenvalue weighted by Gasteiger charge is -2.30. The van der Waals surface area contributed by atoms with Crippen molar-refractivity contribution in [1.82, 2.24) is 15.5 Å². The van der Waals surface area contributed by atoms with E-state index in [1.165, 1.54) is 31.0 Å². The van der Waals surface area contributed by atoms with Gasteiger partial charge in [-0.25, -0.2) is 14.0 Å². The Balaban J connectivity index is 1.70. The van der Waals surface area contributed by atoms with Gasteiger partial charge in [-0.15, -0.1) is 0 Å². The molecule has 8 nitrogen and oxygen atoms in total. The quantitative estimate of drug-likeness (QED) is 0.267. The van der Waals surface area contributed by atoms with Gasteiger partial charge in [-0.3, -0.25) is 0 Å². The van der Waals surface area contributed by atoms with Gasteiger partial charge >= 0.3 is 11.9 Å². The maximum atomic E-state index is 14.6. The number of hydrogen-bond donors (Lipinski definition) is 5. The lowest BCUT2D eigenvalue weighted by Crippen LogP contribution is -2.36. The summed E-state index contributed by atoms with van der Waals surface area (Å²) in [6.45, 7) is 9.24. The molecule has 0 aliphatic carbocycles. The van der Waals surface area contributed by atoms with Crippen LogP contribution in [0.3, 0.4) is 0 Å². The number of carbonyl (C=O) groups is 2. The number of carboxylic acid groups (broad SMARTS) is 2. The van der Waals surface area contributed by atoms with Crippen LogP contribution in [0, 0.1) is 11.7 Å². The van der Waals surface area contributed by atoms with Crippen LogP contribution in [0.1, 0.15) is 51.5 Å². The Bertz CT molecular complexity index is 1030. The van der Waals surface area contributed by atoms with Crippen molar-refractivity contribution in [2.24, 2.45) is 5.92 Å². The first kappa shape index (κ1) is 26.6. The highest BCUT2D eigenvalue weighted by Crippen LogP contribution is 2.39. The number of allylic oxidation sites excluding steroid dienone is 2. The van der Waals surface area contributed by atoms with Crippen LogP contribution in [-0.2, 0) is 9.59 Å². The maximum absolute atomic E-state index is 14.6. The van der Waals surface area contributed by atoms with Gasteiger partial charge in [0, 0.05) is 17.9 Å². The van der Waals surface area contributed by atoms with Gasteiger partial charge in [-0.1, -0.05) is 13.0 Å². The highest BCUT2D eigenvalue weighted by atomic mass is 32.1. The van der Waals surface area contributed by atoms with Crippen molar-refractivity contribution >= 4 is 35.0 Å². The smallest absolute Gasteiger partial charge is 0.334 e. The Kier molecular flexibility index (Phi) is 8.85. The fraction of sp³-hybridized carbons (Fsp3) is 0.480. The number of aliphatic carboxylic acids is 2. The van der Waals surface area contributed by atoms with E-state index in [1.807, 2.05) is 0 Å². The van der Waals surface area contributed by atoms with Crippen molar-refractivity contribution in [2.45, 2.75) is 46.0 Å². The molecule has 0 saturated carbocycles. The molecule has 2 heterocycles. The van der Waals surface area contributed by atoms with Crippen LogP contribution >= 0.6 is 12.2 Å². The van der Waals surface area contributed by atoms with E-state index >= 15 is 0 Å². The van der Waals surface area contributed by atoms with Crippen LogP contribution in [0.2, 0.25) is 0 Å². The number of halogens is 1. The summed E-state index contributed by atoms with van der Waals surface area (Å²) in [4.78, 5) is 26.4. The molecule has 1 aromatic carbocycles. The van der Waals surface area contributed by atoms with Crippen LogP contribution in [-0.4, -0.2) is 58.3 Å². The number of carboxylic acids is 2. The molecule has 0 amide bonds. The normalized spacial score (nSPS) is 17.8. The molecule has 0 bridgehead atoms. The van der Waals surface area contributed by atoms with E-state index in [0.29, 0.717) is 23.5 Å². The Hall–Kier alpha value is -2.98. The first-order valence-electron chi connectivity index (χ1n) is 11.8. The minimum atomic E-state index is -1.24. The molecule has 2 aliphatic rings. The zero-order valence-corrected chi connectivity index (χ0v) is 21.1. The number of thiocarbonyl (C=S) groups is 1. The number of hydrogen-bond acceptors (Lipinski definition) is 5. The molecular weight excluding hydrogens is 471 g/mol. The molecule has 0 atom stereocenters. The molecule has 1 aromatic rings. The van der Waals surface area contributed by atoms with E-state index in [4.69, 9.17) is 12.2 Å². The number of likely N-dealkylation sites (tertiary alicyclic amines) is 1. The van der Waals surface area contributed by atoms with Crippen LogP contribution in [0.5, 0.6) is 0 Å². The molecule has 190 valence electrons. The van der Waals surface area contributed by atoms with Crippen molar-refractivity contribution in [2.75, 3.05) is 31.5 Å². The fourth-order valence-electron chi connectivity index (χ4n) is 4.67. The minimum Gasteiger partial charge on any atom is -0.478 e.